The predicted octanol–water partition coefficient (Wildman–Crippen LogP) is 2.71. The van der Waals surface area contributed by atoms with E-state index in [1.54, 1.807) is 9.80 Å². The van der Waals surface area contributed by atoms with Crippen molar-refractivity contribution in [3.63, 3.8) is 0 Å². The smallest absolute Gasteiger partial charge is 0.250 e. The summed E-state index contributed by atoms with van der Waals surface area (Å²) in [6.07, 6.45) is 2.77. The van der Waals surface area contributed by atoms with Gasteiger partial charge in [0.1, 0.15) is 6.54 Å². The summed E-state index contributed by atoms with van der Waals surface area (Å²) in [7, 11) is 0. The van der Waals surface area contributed by atoms with Crippen LogP contribution in [0.1, 0.15) is 18.4 Å². The highest BCUT2D eigenvalue weighted by molar-refractivity contribution is 8.01. The van der Waals surface area contributed by atoms with Crippen molar-refractivity contribution in [3.05, 3.63) is 54.1 Å². The second-order valence-corrected chi connectivity index (χ2v) is 8.99. The van der Waals surface area contributed by atoms with Gasteiger partial charge in [0.2, 0.25) is 11.8 Å². The molecule has 2 aromatic rings. The van der Waals surface area contributed by atoms with Crippen LogP contribution in [-0.2, 0) is 20.8 Å². The van der Waals surface area contributed by atoms with Gasteiger partial charge in [-0.25, -0.2) is 0 Å². The molecule has 7 heteroatoms. The highest BCUT2D eigenvalue weighted by Gasteiger charge is 2.42. The van der Waals surface area contributed by atoms with Gasteiger partial charge in [0.15, 0.2) is 5.25 Å². The molecule has 0 saturated carbocycles. The third-order valence-corrected chi connectivity index (χ3v) is 7.25. The van der Waals surface area contributed by atoms with Crippen molar-refractivity contribution in [2.75, 3.05) is 36.0 Å². The van der Waals surface area contributed by atoms with Gasteiger partial charge in [0.25, 0.3) is 5.91 Å². The van der Waals surface area contributed by atoms with E-state index in [0.717, 1.165) is 35.4 Å². The fourth-order valence-electron chi connectivity index (χ4n) is 4.46. The van der Waals surface area contributed by atoms with E-state index in [4.69, 9.17) is 0 Å². The highest BCUT2D eigenvalue weighted by Crippen LogP contribution is 2.40. The third kappa shape index (κ3) is 3.27. The Hall–Kier alpha value is -2.80. The zero-order chi connectivity index (χ0) is 20.7. The molecule has 1 saturated heterocycles. The Morgan fingerprint density at radius 1 is 0.933 bits per heavy atom. The Morgan fingerprint density at radius 2 is 1.63 bits per heavy atom. The Balaban J connectivity index is 1.42. The molecular formula is C23H23N3O3S. The lowest BCUT2D eigenvalue weighted by Gasteiger charge is -2.34. The summed E-state index contributed by atoms with van der Waals surface area (Å²) in [4.78, 5) is 45.5. The first-order valence-corrected chi connectivity index (χ1v) is 11.3. The summed E-state index contributed by atoms with van der Waals surface area (Å²) in [5.41, 5.74) is 2.77. The van der Waals surface area contributed by atoms with Gasteiger partial charge in [-0.2, -0.15) is 0 Å². The monoisotopic (exact) mass is 421 g/mol. The van der Waals surface area contributed by atoms with E-state index in [-0.39, 0.29) is 24.3 Å². The maximum Gasteiger partial charge on any atom is 0.250 e. The Labute approximate surface area is 179 Å². The number of nitrogens with zero attached hydrogens (tertiary/aromatic N) is 3. The zero-order valence-corrected chi connectivity index (χ0v) is 17.4. The van der Waals surface area contributed by atoms with E-state index in [0.29, 0.717) is 25.3 Å². The second kappa shape index (κ2) is 7.80. The van der Waals surface area contributed by atoms with E-state index in [2.05, 4.69) is 0 Å². The van der Waals surface area contributed by atoms with Crippen LogP contribution in [0.2, 0.25) is 0 Å². The van der Waals surface area contributed by atoms with Crippen LogP contribution >= 0.6 is 11.8 Å². The maximum absolute atomic E-state index is 13.4. The number of anilines is 2. The summed E-state index contributed by atoms with van der Waals surface area (Å²) >= 11 is 1.30. The molecule has 1 unspecified atom stereocenters. The Kier molecular flexibility index (Phi) is 4.98. The standard InChI is InChI=1S/C23H23N3O3S/c27-20(25-14-11-16-7-1-2-8-17(16)25)15-26-18-9-3-4-10-19(18)30-21(23(26)29)22(28)24-12-5-6-13-24/h1-4,7-10,21H,5-6,11-15H2. The van der Waals surface area contributed by atoms with Gasteiger partial charge < -0.3 is 14.7 Å². The van der Waals surface area contributed by atoms with Gasteiger partial charge in [-0.1, -0.05) is 30.3 Å². The SMILES string of the molecule is O=C(C1Sc2ccccc2N(CC(=O)N2CCc3ccccc32)C1=O)N1CCCC1. The number of hydrogen-bond acceptors (Lipinski definition) is 4. The lowest BCUT2D eigenvalue weighted by Crippen LogP contribution is -2.52. The fraction of sp³-hybridized carbons (Fsp3) is 0.348. The number of rotatable bonds is 3. The van der Waals surface area contributed by atoms with Crippen molar-refractivity contribution in [2.24, 2.45) is 0 Å². The average Bonchev–Trinajstić information content (AvgIpc) is 3.45. The lowest BCUT2D eigenvalue weighted by atomic mass is 10.2. The fourth-order valence-corrected chi connectivity index (χ4v) is 5.65. The molecule has 0 radical (unpaired) electrons. The molecule has 1 fully saturated rings. The van der Waals surface area contributed by atoms with Gasteiger partial charge in [-0.15, -0.1) is 11.8 Å². The van der Waals surface area contributed by atoms with Crippen LogP contribution in [0.4, 0.5) is 11.4 Å². The van der Waals surface area contributed by atoms with Gasteiger partial charge >= 0.3 is 0 Å². The maximum atomic E-state index is 13.4. The largest absolute Gasteiger partial charge is 0.341 e. The third-order valence-electron chi connectivity index (χ3n) is 6.01. The lowest BCUT2D eigenvalue weighted by molar-refractivity contribution is -0.134. The molecular weight excluding hydrogens is 398 g/mol. The summed E-state index contributed by atoms with van der Waals surface area (Å²) in [5, 5.41) is -0.823. The van der Waals surface area contributed by atoms with Crippen LogP contribution < -0.4 is 9.80 Å². The predicted molar refractivity (Wildman–Crippen MR) is 117 cm³/mol. The number of benzene rings is 2. The van der Waals surface area contributed by atoms with Crippen molar-refractivity contribution < 1.29 is 14.4 Å². The van der Waals surface area contributed by atoms with Gasteiger partial charge in [0.05, 0.1) is 5.69 Å². The topological polar surface area (TPSA) is 60.9 Å². The summed E-state index contributed by atoms with van der Waals surface area (Å²) in [6.45, 7) is 1.96. The van der Waals surface area contributed by atoms with Crippen molar-refractivity contribution in [1.29, 1.82) is 0 Å². The first-order valence-electron chi connectivity index (χ1n) is 10.4. The van der Waals surface area contributed by atoms with Gasteiger partial charge in [-0.05, 0) is 43.0 Å². The van der Waals surface area contributed by atoms with Crippen molar-refractivity contribution in [3.8, 4) is 0 Å². The number of amides is 3. The van der Waals surface area contributed by atoms with Crippen molar-refractivity contribution in [1.82, 2.24) is 4.90 Å². The highest BCUT2D eigenvalue weighted by atomic mass is 32.2. The molecule has 3 heterocycles. The minimum absolute atomic E-state index is 0.0610. The second-order valence-electron chi connectivity index (χ2n) is 7.85. The quantitative estimate of drug-likeness (QED) is 0.715. The number of para-hydroxylation sites is 2. The number of fused-ring (bicyclic) bond motifs is 2. The van der Waals surface area contributed by atoms with Crippen LogP contribution in [0.25, 0.3) is 0 Å². The van der Waals surface area contributed by atoms with E-state index in [1.807, 2.05) is 48.5 Å². The Bertz CT molecular complexity index is 1020. The number of carbonyl (C=O) groups is 3. The number of hydrogen-bond donors (Lipinski definition) is 0. The summed E-state index contributed by atoms with van der Waals surface area (Å²) in [5.74, 6) is -0.556. The minimum Gasteiger partial charge on any atom is -0.341 e. The van der Waals surface area contributed by atoms with E-state index in [1.165, 1.54) is 16.7 Å². The molecule has 30 heavy (non-hydrogen) atoms. The van der Waals surface area contributed by atoms with Crippen molar-refractivity contribution >= 4 is 40.9 Å². The number of thioether (sulfide) groups is 1. The van der Waals surface area contributed by atoms with Crippen LogP contribution in [0.15, 0.2) is 53.4 Å². The van der Waals surface area contributed by atoms with Crippen LogP contribution in [0.3, 0.4) is 0 Å². The normalized spacial score (nSPS) is 20.3. The molecule has 0 aliphatic carbocycles. The van der Waals surface area contributed by atoms with Crippen LogP contribution in [0, 0.1) is 0 Å². The van der Waals surface area contributed by atoms with Crippen molar-refractivity contribution in [2.45, 2.75) is 29.4 Å². The molecule has 5 rings (SSSR count). The van der Waals surface area contributed by atoms with E-state index in [9.17, 15) is 14.4 Å². The van der Waals surface area contributed by atoms with E-state index < -0.39 is 5.25 Å². The molecule has 6 nitrogen and oxygen atoms in total. The van der Waals surface area contributed by atoms with Gasteiger partial charge in [-0.3, -0.25) is 14.4 Å². The molecule has 2 aromatic carbocycles. The molecule has 154 valence electrons. The molecule has 0 N–H and O–H groups in total. The van der Waals surface area contributed by atoms with Crippen LogP contribution in [0.5, 0.6) is 0 Å². The van der Waals surface area contributed by atoms with Gasteiger partial charge in [0, 0.05) is 30.2 Å². The number of carbonyl (C=O) groups excluding carboxylic acids is 3. The number of likely N-dealkylation sites (tertiary alicyclic amines) is 1. The summed E-state index contributed by atoms with van der Waals surface area (Å²) < 4.78 is 0. The molecule has 0 bridgehead atoms. The molecule has 0 aromatic heterocycles. The first kappa shape index (κ1) is 19.2. The molecule has 3 aliphatic rings. The van der Waals surface area contributed by atoms with Crippen LogP contribution in [-0.4, -0.2) is 54.1 Å². The first-order chi connectivity index (χ1) is 14.6. The molecule has 1 atom stereocenters. The molecule has 3 amide bonds. The zero-order valence-electron chi connectivity index (χ0n) is 16.6. The summed E-state index contributed by atoms with van der Waals surface area (Å²) in [6, 6.07) is 15.4. The average molecular weight is 422 g/mol. The molecule has 3 aliphatic heterocycles. The Morgan fingerprint density at radius 3 is 2.43 bits per heavy atom. The van der Waals surface area contributed by atoms with E-state index >= 15 is 0 Å². The molecule has 0 spiro atoms. The minimum atomic E-state index is -0.823.